The van der Waals surface area contributed by atoms with Gasteiger partial charge in [0.1, 0.15) is 12.4 Å². The Kier molecular flexibility index (Phi) is 6.34. The van der Waals surface area contributed by atoms with Gasteiger partial charge in [0.2, 0.25) is 0 Å². The van der Waals surface area contributed by atoms with Crippen molar-refractivity contribution in [3.8, 4) is 5.75 Å². The molecule has 0 heterocycles. The monoisotopic (exact) mass is 258 g/mol. The summed E-state index contributed by atoms with van der Waals surface area (Å²) in [6.07, 6.45) is 0.403. The van der Waals surface area contributed by atoms with Gasteiger partial charge in [-0.3, -0.25) is 0 Å². The number of halogens is 1. The second kappa shape index (κ2) is 7.54. The van der Waals surface area contributed by atoms with Crippen LogP contribution in [0.3, 0.4) is 0 Å². The third-order valence-corrected chi connectivity index (χ3v) is 2.49. The highest BCUT2D eigenvalue weighted by atomic mass is 35.5. The molecular weight excluding hydrogens is 240 g/mol. The van der Waals surface area contributed by atoms with Gasteiger partial charge in [-0.15, -0.1) is 0 Å². The maximum absolute atomic E-state index is 9.60. The van der Waals surface area contributed by atoms with Crippen LogP contribution in [0.4, 0.5) is 0 Å². The lowest BCUT2D eigenvalue weighted by molar-refractivity contribution is 0.0986. The van der Waals surface area contributed by atoms with Gasteiger partial charge < -0.3 is 14.6 Å². The van der Waals surface area contributed by atoms with E-state index in [2.05, 4.69) is 6.92 Å². The van der Waals surface area contributed by atoms with Gasteiger partial charge in [-0.05, 0) is 31.5 Å². The predicted molar refractivity (Wildman–Crippen MR) is 68.7 cm³/mol. The van der Waals surface area contributed by atoms with E-state index in [1.807, 2.05) is 0 Å². The zero-order valence-electron chi connectivity index (χ0n) is 10.3. The summed E-state index contributed by atoms with van der Waals surface area (Å²) in [6.45, 7) is 5.52. The van der Waals surface area contributed by atoms with E-state index in [9.17, 15) is 5.11 Å². The maximum atomic E-state index is 9.60. The molecule has 1 rings (SSSR count). The first-order valence-corrected chi connectivity index (χ1v) is 6.21. The lowest BCUT2D eigenvalue weighted by atomic mass is 10.1. The van der Waals surface area contributed by atoms with Crippen molar-refractivity contribution >= 4 is 11.6 Å². The van der Waals surface area contributed by atoms with Gasteiger partial charge >= 0.3 is 0 Å². The molecule has 0 radical (unpaired) electrons. The Hall–Kier alpha value is -0.770. The average Bonchev–Trinajstić information content (AvgIpc) is 2.30. The number of hydrogen-bond acceptors (Lipinski definition) is 3. The lowest BCUT2D eigenvalue weighted by Crippen LogP contribution is -2.09. The van der Waals surface area contributed by atoms with Crippen molar-refractivity contribution < 1.29 is 14.6 Å². The molecule has 0 fully saturated rings. The molecule has 0 aliphatic rings. The van der Waals surface area contributed by atoms with E-state index in [4.69, 9.17) is 21.1 Å². The molecule has 0 amide bonds. The first-order chi connectivity index (χ1) is 8.15. The van der Waals surface area contributed by atoms with E-state index in [-0.39, 0.29) is 0 Å². The van der Waals surface area contributed by atoms with Gasteiger partial charge in [-0.1, -0.05) is 18.5 Å². The molecule has 0 spiro atoms. The van der Waals surface area contributed by atoms with Crippen LogP contribution in [0.15, 0.2) is 18.2 Å². The van der Waals surface area contributed by atoms with E-state index in [1.54, 1.807) is 25.1 Å². The highest BCUT2D eigenvalue weighted by Gasteiger charge is 2.09. The van der Waals surface area contributed by atoms with Gasteiger partial charge in [0, 0.05) is 17.2 Å². The van der Waals surface area contributed by atoms with Gasteiger partial charge in [-0.25, -0.2) is 0 Å². The van der Waals surface area contributed by atoms with Crippen LogP contribution in [-0.2, 0) is 4.74 Å². The van der Waals surface area contributed by atoms with E-state index in [0.717, 1.165) is 13.0 Å². The Morgan fingerprint density at radius 2 is 2.06 bits per heavy atom. The molecular formula is C13H19ClO3. The van der Waals surface area contributed by atoms with Crippen LogP contribution in [0.5, 0.6) is 5.75 Å². The Morgan fingerprint density at radius 1 is 1.29 bits per heavy atom. The Morgan fingerprint density at radius 3 is 2.71 bits per heavy atom. The van der Waals surface area contributed by atoms with Gasteiger partial charge in [0.25, 0.3) is 0 Å². The quantitative estimate of drug-likeness (QED) is 0.764. The molecule has 1 aromatic rings. The molecule has 0 saturated carbocycles. The van der Waals surface area contributed by atoms with Crippen LogP contribution in [-0.4, -0.2) is 24.9 Å². The zero-order valence-corrected chi connectivity index (χ0v) is 11.0. The topological polar surface area (TPSA) is 38.7 Å². The molecule has 96 valence electrons. The number of aliphatic hydroxyl groups is 1. The SMILES string of the molecule is CCCOCCOc1ccc(Cl)cc1[C@H](C)O. The summed E-state index contributed by atoms with van der Waals surface area (Å²) in [4.78, 5) is 0. The number of rotatable bonds is 7. The number of ether oxygens (including phenoxy) is 2. The van der Waals surface area contributed by atoms with Crippen molar-refractivity contribution in [3.05, 3.63) is 28.8 Å². The molecule has 1 N–H and O–H groups in total. The molecule has 1 atom stereocenters. The van der Waals surface area contributed by atoms with Crippen LogP contribution in [0.25, 0.3) is 0 Å². The van der Waals surface area contributed by atoms with Crippen LogP contribution >= 0.6 is 11.6 Å². The first-order valence-electron chi connectivity index (χ1n) is 5.83. The second-order valence-corrected chi connectivity index (χ2v) is 4.26. The number of hydrogen-bond donors (Lipinski definition) is 1. The van der Waals surface area contributed by atoms with E-state index in [1.165, 1.54) is 0 Å². The number of aliphatic hydroxyl groups excluding tert-OH is 1. The average molecular weight is 259 g/mol. The fourth-order valence-corrected chi connectivity index (χ4v) is 1.61. The summed E-state index contributed by atoms with van der Waals surface area (Å²) >= 11 is 5.87. The van der Waals surface area contributed by atoms with Crippen LogP contribution in [0.1, 0.15) is 31.9 Å². The Labute approximate surface area is 107 Å². The van der Waals surface area contributed by atoms with Gasteiger partial charge in [0.15, 0.2) is 0 Å². The van der Waals surface area contributed by atoms with Gasteiger partial charge in [0.05, 0.1) is 12.7 Å². The van der Waals surface area contributed by atoms with Crippen LogP contribution < -0.4 is 4.74 Å². The largest absolute Gasteiger partial charge is 0.491 e. The highest BCUT2D eigenvalue weighted by molar-refractivity contribution is 6.30. The summed E-state index contributed by atoms with van der Waals surface area (Å²) in [5.74, 6) is 0.657. The van der Waals surface area contributed by atoms with Crippen molar-refractivity contribution in [2.45, 2.75) is 26.4 Å². The summed E-state index contributed by atoms with van der Waals surface area (Å²) in [6, 6.07) is 5.23. The predicted octanol–water partition coefficient (Wildman–Crippen LogP) is 3.20. The molecule has 0 unspecified atom stereocenters. The summed E-state index contributed by atoms with van der Waals surface area (Å²) in [7, 11) is 0. The fourth-order valence-electron chi connectivity index (χ4n) is 1.43. The minimum absolute atomic E-state index is 0.474. The molecule has 0 saturated heterocycles. The molecule has 1 aromatic carbocycles. The third kappa shape index (κ3) is 4.94. The second-order valence-electron chi connectivity index (χ2n) is 3.82. The minimum atomic E-state index is -0.597. The molecule has 3 nitrogen and oxygen atoms in total. The summed E-state index contributed by atoms with van der Waals surface area (Å²) in [5.41, 5.74) is 0.702. The normalized spacial score (nSPS) is 12.5. The van der Waals surface area contributed by atoms with Crippen LogP contribution in [0.2, 0.25) is 5.02 Å². The van der Waals surface area contributed by atoms with Crippen molar-refractivity contribution in [1.82, 2.24) is 0 Å². The Bertz CT molecular complexity index is 339. The van der Waals surface area contributed by atoms with Crippen molar-refractivity contribution in [2.24, 2.45) is 0 Å². The molecule has 0 bridgehead atoms. The van der Waals surface area contributed by atoms with Crippen LogP contribution in [0, 0.1) is 0 Å². The molecule has 0 aromatic heterocycles. The van der Waals surface area contributed by atoms with Gasteiger partial charge in [-0.2, -0.15) is 0 Å². The molecule has 0 aliphatic heterocycles. The standard InChI is InChI=1S/C13H19ClO3/c1-3-6-16-7-8-17-13-5-4-11(14)9-12(13)10(2)15/h4-5,9-10,15H,3,6-8H2,1-2H3/t10-/m0/s1. The summed E-state index contributed by atoms with van der Waals surface area (Å²) in [5, 5.41) is 10.2. The van der Waals surface area contributed by atoms with Crippen molar-refractivity contribution in [1.29, 1.82) is 0 Å². The zero-order chi connectivity index (χ0) is 12.7. The fraction of sp³-hybridized carbons (Fsp3) is 0.538. The number of benzene rings is 1. The maximum Gasteiger partial charge on any atom is 0.125 e. The van der Waals surface area contributed by atoms with Crippen molar-refractivity contribution in [2.75, 3.05) is 19.8 Å². The molecule has 4 heteroatoms. The first kappa shape index (κ1) is 14.3. The van der Waals surface area contributed by atoms with E-state index < -0.39 is 6.10 Å². The smallest absolute Gasteiger partial charge is 0.125 e. The highest BCUT2D eigenvalue weighted by Crippen LogP contribution is 2.28. The molecule has 0 aliphatic carbocycles. The lowest BCUT2D eigenvalue weighted by Gasteiger charge is -2.13. The van der Waals surface area contributed by atoms with E-state index >= 15 is 0 Å². The Balaban J connectivity index is 2.52. The molecule has 17 heavy (non-hydrogen) atoms. The summed E-state index contributed by atoms with van der Waals surface area (Å²) < 4.78 is 10.9. The van der Waals surface area contributed by atoms with E-state index in [0.29, 0.717) is 29.5 Å². The minimum Gasteiger partial charge on any atom is -0.491 e. The third-order valence-electron chi connectivity index (χ3n) is 2.26. The van der Waals surface area contributed by atoms with Crippen molar-refractivity contribution in [3.63, 3.8) is 0 Å².